The van der Waals surface area contributed by atoms with Crippen molar-refractivity contribution in [1.82, 2.24) is 19.9 Å². The summed E-state index contributed by atoms with van der Waals surface area (Å²) in [6.45, 7) is 6.20. The molecule has 0 N–H and O–H groups in total. The molecule has 1 aliphatic heterocycles. The first-order valence-corrected chi connectivity index (χ1v) is 8.86. The van der Waals surface area contributed by atoms with Gasteiger partial charge in [0.15, 0.2) is 0 Å². The fourth-order valence-electron chi connectivity index (χ4n) is 3.36. The van der Waals surface area contributed by atoms with Gasteiger partial charge < -0.3 is 4.90 Å². The predicted molar refractivity (Wildman–Crippen MR) is 108 cm³/mol. The molecule has 0 saturated carbocycles. The highest BCUT2D eigenvalue weighted by molar-refractivity contribution is 5.85. The molecule has 5 nitrogen and oxygen atoms in total. The summed E-state index contributed by atoms with van der Waals surface area (Å²) >= 11 is 0. The Hall–Kier alpha value is -2.37. The highest BCUT2D eigenvalue weighted by Crippen LogP contribution is 2.18. The number of hydrogen-bond donors (Lipinski definition) is 0. The van der Waals surface area contributed by atoms with Crippen LogP contribution >= 0.6 is 12.4 Å². The molecular formula is C20H24ClN5. The fraction of sp³-hybridized carbons (Fsp3) is 0.300. The van der Waals surface area contributed by atoms with E-state index in [0.717, 1.165) is 45.0 Å². The zero-order valence-corrected chi connectivity index (χ0v) is 15.6. The van der Waals surface area contributed by atoms with Crippen LogP contribution in [-0.2, 0) is 6.54 Å². The van der Waals surface area contributed by atoms with Crippen molar-refractivity contribution in [3.05, 3.63) is 66.9 Å². The van der Waals surface area contributed by atoms with Crippen LogP contribution in [0, 0.1) is 0 Å². The second kappa shape index (κ2) is 8.83. The van der Waals surface area contributed by atoms with Crippen molar-refractivity contribution in [3.8, 4) is 11.3 Å². The third-order valence-electron chi connectivity index (χ3n) is 4.81. The van der Waals surface area contributed by atoms with Crippen LogP contribution in [0.4, 0.5) is 5.69 Å². The maximum atomic E-state index is 4.27. The van der Waals surface area contributed by atoms with E-state index >= 15 is 0 Å². The molecular weight excluding hydrogens is 346 g/mol. The number of nitrogens with zero attached hydrogens (tertiary/aromatic N) is 5. The Bertz CT molecular complexity index is 782. The largest absolute Gasteiger partial charge is 0.369 e. The van der Waals surface area contributed by atoms with Gasteiger partial charge in [0, 0.05) is 44.0 Å². The van der Waals surface area contributed by atoms with Gasteiger partial charge in [-0.3, -0.25) is 4.90 Å². The van der Waals surface area contributed by atoms with Crippen molar-refractivity contribution in [2.75, 3.05) is 37.6 Å². The van der Waals surface area contributed by atoms with Crippen LogP contribution in [0.3, 0.4) is 0 Å². The van der Waals surface area contributed by atoms with Gasteiger partial charge in [-0.1, -0.05) is 53.7 Å². The van der Waals surface area contributed by atoms with Gasteiger partial charge in [0.05, 0.1) is 18.4 Å². The molecule has 6 heteroatoms. The zero-order valence-electron chi connectivity index (χ0n) is 14.7. The van der Waals surface area contributed by atoms with Crippen molar-refractivity contribution >= 4 is 18.1 Å². The highest BCUT2D eigenvalue weighted by Gasteiger charge is 2.17. The lowest BCUT2D eigenvalue weighted by atomic mass is 10.2. The van der Waals surface area contributed by atoms with E-state index in [1.165, 1.54) is 11.3 Å². The summed E-state index contributed by atoms with van der Waals surface area (Å²) in [5.74, 6) is 0. The van der Waals surface area contributed by atoms with Crippen molar-refractivity contribution in [3.63, 3.8) is 0 Å². The van der Waals surface area contributed by atoms with Crippen molar-refractivity contribution in [1.29, 1.82) is 0 Å². The summed E-state index contributed by atoms with van der Waals surface area (Å²) in [6, 6.07) is 21.0. The van der Waals surface area contributed by atoms with Gasteiger partial charge in [0.25, 0.3) is 0 Å². The average Bonchev–Trinajstić information content (AvgIpc) is 3.17. The Morgan fingerprint density at radius 1 is 0.769 bits per heavy atom. The smallest absolute Gasteiger partial charge is 0.0886 e. The Kier molecular flexibility index (Phi) is 6.26. The number of aromatic nitrogens is 3. The minimum Gasteiger partial charge on any atom is -0.369 e. The number of anilines is 1. The molecule has 0 aliphatic carbocycles. The number of benzene rings is 2. The molecule has 0 radical (unpaired) electrons. The second-order valence-corrected chi connectivity index (χ2v) is 6.37. The summed E-state index contributed by atoms with van der Waals surface area (Å²) in [5, 5.41) is 8.37. The third kappa shape index (κ3) is 4.23. The van der Waals surface area contributed by atoms with E-state index in [1.54, 1.807) is 0 Å². The Balaban J connectivity index is 0.00000196. The number of rotatable bonds is 5. The molecule has 1 saturated heterocycles. The van der Waals surface area contributed by atoms with Crippen molar-refractivity contribution in [2.45, 2.75) is 6.54 Å². The van der Waals surface area contributed by atoms with Gasteiger partial charge in [-0.2, -0.15) is 0 Å². The summed E-state index contributed by atoms with van der Waals surface area (Å²) in [5.41, 5.74) is 3.58. The van der Waals surface area contributed by atoms with Crippen LogP contribution < -0.4 is 4.90 Å². The van der Waals surface area contributed by atoms with E-state index in [4.69, 9.17) is 0 Å². The first-order chi connectivity index (χ1) is 12.4. The minimum atomic E-state index is 0. The van der Waals surface area contributed by atoms with Crippen LogP contribution in [-0.4, -0.2) is 52.6 Å². The molecule has 26 heavy (non-hydrogen) atoms. The first-order valence-electron chi connectivity index (χ1n) is 8.86. The zero-order chi connectivity index (χ0) is 16.9. The summed E-state index contributed by atoms with van der Waals surface area (Å²) in [7, 11) is 0. The molecule has 4 rings (SSSR count). The Labute approximate surface area is 160 Å². The standard InChI is InChI=1S/C20H23N5.ClH/c1-3-7-18(8-4-1)20-17-21-22-25(20)16-13-23-11-14-24(15-12-23)19-9-5-2-6-10-19;/h1-10,17H,11-16H2;1H. The normalized spacial score (nSPS) is 14.8. The number of para-hydroxylation sites is 1. The van der Waals surface area contributed by atoms with Crippen LogP contribution in [0.1, 0.15) is 0 Å². The molecule has 136 valence electrons. The van der Waals surface area contributed by atoms with Gasteiger partial charge in [0.1, 0.15) is 0 Å². The number of halogens is 1. The van der Waals surface area contributed by atoms with Crippen molar-refractivity contribution in [2.24, 2.45) is 0 Å². The molecule has 2 heterocycles. The molecule has 1 aliphatic rings. The molecule has 0 atom stereocenters. The molecule has 1 aromatic heterocycles. The molecule has 3 aromatic rings. The summed E-state index contributed by atoms with van der Waals surface area (Å²) in [4.78, 5) is 4.97. The van der Waals surface area contributed by atoms with Gasteiger partial charge >= 0.3 is 0 Å². The summed E-state index contributed by atoms with van der Waals surface area (Å²) in [6.07, 6.45) is 1.85. The predicted octanol–water partition coefficient (Wildman–Crippen LogP) is 3.19. The molecule has 0 amide bonds. The fourth-order valence-corrected chi connectivity index (χ4v) is 3.36. The molecule has 2 aromatic carbocycles. The lowest BCUT2D eigenvalue weighted by Crippen LogP contribution is -2.47. The van der Waals surface area contributed by atoms with Gasteiger partial charge in [-0.15, -0.1) is 17.5 Å². The van der Waals surface area contributed by atoms with Gasteiger partial charge in [0.2, 0.25) is 0 Å². The second-order valence-electron chi connectivity index (χ2n) is 6.37. The quantitative estimate of drug-likeness (QED) is 0.692. The minimum absolute atomic E-state index is 0. The van der Waals surface area contributed by atoms with E-state index in [9.17, 15) is 0 Å². The highest BCUT2D eigenvalue weighted by atomic mass is 35.5. The van der Waals surface area contributed by atoms with Crippen LogP contribution in [0.5, 0.6) is 0 Å². The van der Waals surface area contributed by atoms with Crippen LogP contribution in [0.25, 0.3) is 11.3 Å². The maximum absolute atomic E-state index is 4.27. The van der Waals surface area contributed by atoms with Crippen LogP contribution in [0.15, 0.2) is 66.9 Å². The van der Waals surface area contributed by atoms with E-state index in [2.05, 4.69) is 74.7 Å². The maximum Gasteiger partial charge on any atom is 0.0886 e. The van der Waals surface area contributed by atoms with Crippen molar-refractivity contribution < 1.29 is 0 Å². The average molecular weight is 370 g/mol. The van der Waals surface area contributed by atoms with E-state index < -0.39 is 0 Å². The summed E-state index contributed by atoms with van der Waals surface area (Å²) < 4.78 is 2.01. The Morgan fingerprint density at radius 2 is 1.42 bits per heavy atom. The monoisotopic (exact) mass is 369 g/mol. The molecule has 0 bridgehead atoms. The van der Waals surface area contributed by atoms with E-state index in [1.807, 2.05) is 16.9 Å². The lowest BCUT2D eigenvalue weighted by Gasteiger charge is -2.36. The molecule has 0 unspecified atom stereocenters. The van der Waals surface area contributed by atoms with E-state index in [-0.39, 0.29) is 12.4 Å². The SMILES string of the molecule is Cl.c1ccc(-c2cnnn2CCN2CCN(c3ccccc3)CC2)cc1. The topological polar surface area (TPSA) is 37.2 Å². The van der Waals surface area contributed by atoms with Gasteiger partial charge in [-0.05, 0) is 12.1 Å². The third-order valence-corrected chi connectivity index (χ3v) is 4.81. The lowest BCUT2D eigenvalue weighted by molar-refractivity contribution is 0.244. The molecule has 1 fully saturated rings. The van der Waals surface area contributed by atoms with E-state index in [0.29, 0.717) is 0 Å². The van der Waals surface area contributed by atoms with Crippen LogP contribution in [0.2, 0.25) is 0 Å². The first kappa shape index (κ1) is 18.4. The number of piperazine rings is 1. The van der Waals surface area contributed by atoms with Gasteiger partial charge in [-0.25, -0.2) is 4.68 Å². The number of hydrogen-bond acceptors (Lipinski definition) is 4. The Morgan fingerprint density at radius 3 is 2.12 bits per heavy atom. The molecule has 0 spiro atoms.